The predicted molar refractivity (Wildman–Crippen MR) is 109 cm³/mol. The summed E-state index contributed by atoms with van der Waals surface area (Å²) in [5.74, 6) is 3.20. The lowest BCUT2D eigenvalue weighted by Crippen LogP contribution is -2.35. The molecule has 0 bridgehead atoms. The minimum Gasteiger partial charge on any atom is -0.357 e. The maximum Gasteiger partial charge on any atom is 0.208 e. The van der Waals surface area contributed by atoms with Gasteiger partial charge in [0.25, 0.3) is 0 Å². The van der Waals surface area contributed by atoms with E-state index in [0.717, 1.165) is 17.5 Å². The van der Waals surface area contributed by atoms with E-state index in [1.165, 1.54) is 5.56 Å². The van der Waals surface area contributed by atoms with E-state index in [1.807, 2.05) is 12.1 Å². The Balaban J connectivity index is 2.15. The van der Waals surface area contributed by atoms with Gasteiger partial charge in [-0.3, -0.25) is 0 Å². The smallest absolute Gasteiger partial charge is 0.208 e. The molecule has 0 spiro atoms. The number of hydrogen-bond donors (Lipinski definition) is 0. The van der Waals surface area contributed by atoms with E-state index in [2.05, 4.69) is 78.6 Å². The van der Waals surface area contributed by atoms with Gasteiger partial charge < -0.3 is 4.90 Å². The second-order valence-electron chi connectivity index (χ2n) is 6.56. The lowest BCUT2D eigenvalue weighted by atomic mass is 10.1. The Morgan fingerprint density at radius 3 is 2.35 bits per heavy atom. The van der Waals surface area contributed by atoms with Gasteiger partial charge in [0.15, 0.2) is 0 Å². The van der Waals surface area contributed by atoms with Crippen LogP contribution in [0.3, 0.4) is 0 Å². The number of benzene rings is 1. The average Bonchev–Trinajstić information content (AvgIpc) is 2.61. The first-order valence-electron chi connectivity index (χ1n) is 8.85. The summed E-state index contributed by atoms with van der Waals surface area (Å²) in [6, 6.07) is 11.7. The van der Waals surface area contributed by atoms with E-state index in [0.29, 0.717) is 23.1 Å². The first kappa shape index (κ1) is 19.9. The lowest BCUT2D eigenvalue weighted by Gasteiger charge is -2.27. The highest BCUT2D eigenvalue weighted by molar-refractivity contribution is 6.32. The molecule has 1 aromatic heterocycles. The molecule has 0 aliphatic carbocycles. The monoisotopic (exact) mass is 368 g/mol. The van der Waals surface area contributed by atoms with Gasteiger partial charge in [0, 0.05) is 29.9 Å². The molecule has 2 rings (SSSR count). The molecule has 26 heavy (non-hydrogen) atoms. The van der Waals surface area contributed by atoms with E-state index in [1.54, 1.807) is 12.5 Å². The van der Waals surface area contributed by atoms with Crippen molar-refractivity contribution in [2.45, 2.75) is 53.1 Å². The summed E-state index contributed by atoms with van der Waals surface area (Å²) >= 11 is 6.32. The van der Waals surface area contributed by atoms with Crippen LogP contribution < -0.4 is 0 Å². The van der Waals surface area contributed by atoms with Crippen LogP contribution in [0.25, 0.3) is 11.1 Å². The lowest BCUT2D eigenvalue weighted by molar-refractivity contribution is 0.301. The van der Waals surface area contributed by atoms with Crippen LogP contribution in [-0.4, -0.2) is 33.3 Å². The first-order valence-corrected chi connectivity index (χ1v) is 9.23. The molecule has 0 aliphatic heterocycles. The quantitative estimate of drug-likeness (QED) is 0.329. The molecular formula is C21H25ClN4. The highest BCUT2D eigenvalue weighted by Crippen LogP contribution is 2.25. The minimum atomic E-state index is 0.363. The third kappa shape index (κ3) is 5.31. The van der Waals surface area contributed by atoms with Crippen molar-refractivity contribution in [1.82, 2.24) is 14.9 Å². The van der Waals surface area contributed by atoms with Gasteiger partial charge in [-0.2, -0.15) is 4.99 Å². The van der Waals surface area contributed by atoms with E-state index < -0.39 is 0 Å². The van der Waals surface area contributed by atoms with Crippen molar-refractivity contribution >= 4 is 17.9 Å². The van der Waals surface area contributed by atoms with Crippen molar-refractivity contribution in [2.24, 2.45) is 4.99 Å². The van der Waals surface area contributed by atoms with Crippen LogP contribution in [0.1, 0.15) is 46.0 Å². The summed E-state index contributed by atoms with van der Waals surface area (Å²) in [5.41, 5.74) is 3.08. The molecule has 2 aromatic rings. The normalized spacial score (nSPS) is 11.1. The molecule has 136 valence electrons. The van der Waals surface area contributed by atoms with Crippen molar-refractivity contribution in [1.29, 1.82) is 0 Å². The average molecular weight is 369 g/mol. The molecular weight excluding hydrogens is 344 g/mol. The SMILES string of the molecule is CCc1ccc(-c2cnc(C#CN=CN(C(C)C)C(C)C)nc2Cl)cc1. The molecule has 1 aromatic carbocycles. The predicted octanol–water partition coefficient (Wildman–Crippen LogP) is 4.82. The van der Waals surface area contributed by atoms with Gasteiger partial charge in [0.05, 0.1) is 0 Å². The number of halogens is 1. The second kappa shape index (κ2) is 9.35. The van der Waals surface area contributed by atoms with Gasteiger partial charge in [0.1, 0.15) is 11.5 Å². The number of aryl methyl sites for hydroxylation is 1. The van der Waals surface area contributed by atoms with Crippen LogP contribution in [0.15, 0.2) is 35.5 Å². The van der Waals surface area contributed by atoms with Gasteiger partial charge >= 0.3 is 0 Å². The second-order valence-corrected chi connectivity index (χ2v) is 6.92. The molecule has 0 amide bonds. The Morgan fingerprint density at radius 2 is 1.81 bits per heavy atom. The van der Waals surface area contributed by atoms with Gasteiger partial charge in [-0.05, 0) is 51.2 Å². The summed E-state index contributed by atoms with van der Waals surface area (Å²) < 4.78 is 0. The number of rotatable bonds is 5. The fraction of sp³-hybridized carbons (Fsp3) is 0.381. The van der Waals surface area contributed by atoms with Crippen molar-refractivity contribution < 1.29 is 0 Å². The molecule has 5 heteroatoms. The standard InChI is InChI=1S/C21H25ClN4/c1-6-17-7-9-18(10-8-17)19-13-24-20(25-21(19)22)11-12-23-14-26(15(2)3)16(4)5/h7-10,13-16H,6H2,1-5H3. The van der Waals surface area contributed by atoms with Gasteiger partial charge in [-0.1, -0.05) is 42.8 Å². The molecule has 0 atom stereocenters. The van der Waals surface area contributed by atoms with Crippen molar-refractivity contribution in [2.75, 3.05) is 0 Å². The van der Waals surface area contributed by atoms with Gasteiger partial charge in [-0.15, -0.1) is 0 Å². The zero-order valence-corrected chi connectivity index (χ0v) is 16.7. The Morgan fingerprint density at radius 1 is 1.15 bits per heavy atom. The molecule has 0 unspecified atom stereocenters. The Labute approximate surface area is 161 Å². The van der Waals surface area contributed by atoms with E-state index >= 15 is 0 Å². The Kier molecular flexibility index (Phi) is 7.17. The number of aromatic nitrogens is 2. The largest absolute Gasteiger partial charge is 0.357 e. The third-order valence-corrected chi connectivity index (χ3v) is 4.32. The maximum absolute atomic E-state index is 6.32. The van der Waals surface area contributed by atoms with Crippen LogP contribution in [0, 0.1) is 12.0 Å². The molecule has 1 heterocycles. The third-order valence-electron chi connectivity index (χ3n) is 4.03. The summed E-state index contributed by atoms with van der Waals surface area (Å²) in [6.45, 7) is 10.6. The van der Waals surface area contributed by atoms with Crippen LogP contribution in [-0.2, 0) is 6.42 Å². The number of nitrogens with zero attached hydrogens (tertiary/aromatic N) is 4. The van der Waals surface area contributed by atoms with Crippen molar-refractivity contribution in [3.63, 3.8) is 0 Å². The molecule has 0 saturated carbocycles. The molecule has 0 saturated heterocycles. The summed E-state index contributed by atoms with van der Waals surface area (Å²) in [6.07, 6.45) is 4.47. The molecule has 0 radical (unpaired) electrons. The maximum atomic E-state index is 6.32. The zero-order valence-electron chi connectivity index (χ0n) is 16.0. The minimum absolute atomic E-state index is 0.363. The highest BCUT2D eigenvalue weighted by Gasteiger charge is 2.08. The molecule has 0 N–H and O–H groups in total. The fourth-order valence-corrected chi connectivity index (χ4v) is 2.81. The van der Waals surface area contributed by atoms with E-state index in [4.69, 9.17) is 11.6 Å². The Bertz CT molecular complexity index is 806. The van der Waals surface area contributed by atoms with Crippen LogP contribution in [0.5, 0.6) is 0 Å². The summed E-state index contributed by atoms with van der Waals surface area (Å²) in [7, 11) is 0. The van der Waals surface area contributed by atoms with Crippen molar-refractivity contribution in [3.8, 4) is 23.1 Å². The molecule has 0 aliphatic rings. The van der Waals surface area contributed by atoms with Crippen molar-refractivity contribution in [3.05, 3.63) is 47.0 Å². The van der Waals surface area contributed by atoms with E-state index in [-0.39, 0.29) is 0 Å². The topological polar surface area (TPSA) is 41.4 Å². The number of aliphatic imine (C=N–C) groups is 1. The van der Waals surface area contributed by atoms with Gasteiger partial charge in [-0.25, -0.2) is 9.97 Å². The van der Waals surface area contributed by atoms with Crippen LogP contribution >= 0.6 is 11.6 Å². The summed E-state index contributed by atoms with van der Waals surface area (Å²) in [5, 5.41) is 0.392. The molecule has 4 nitrogen and oxygen atoms in total. The highest BCUT2D eigenvalue weighted by atomic mass is 35.5. The fourth-order valence-electron chi connectivity index (χ4n) is 2.58. The summed E-state index contributed by atoms with van der Waals surface area (Å²) in [4.78, 5) is 14.8. The zero-order chi connectivity index (χ0) is 19.1. The molecule has 0 fully saturated rings. The van der Waals surface area contributed by atoms with E-state index in [9.17, 15) is 0 Å². The van der Waals surface area contributed by atoms with Crippen LogP contribution in [0.4, 0.5) is 0 Å². The first-order chi connectivity index (χ1) is 12.4. The Hall–Kier alpha value is -2.38. The number of hydrogen-bond acceptors (Lipinski definition) is 3. The van der Waals surface area contributed by atoms with Gasteiger partial charge in [0.2, 0.25) is 5.82 Å². The van der Waals surface area contributed by atoms with Crippen LogP contribution in [0.2, 0.25) is 5.15 Å².